The predicted octanol–water partition coefficient (Wildman–Crippen LogP) is 3.54. The highest BCUT2D eigenvalue weighted by Crippen LogP contribution is 2.30. The van der Waals surface area contributed by atoms with E-state index in [1.165, 1.54) is 0 Å². The number of anilines is 1. The zero-order valence-corrected chi connectivity index (χ0v) is 20.6. The lowest BCUT2D eigenvalue weighted by atomic mass is 9.95. The van der Waals surface area contributed by atoms with Gasteiger partial charge in [0.15, 0.2) is 5.78 Å². The van der Waals surface area contributed by atoms with Gasteiger partial charge in [0.2, 0.25) is 0 Å². The van der Waals surface area contributed by atoms with Crippen molar-refractivity contribution in [1.82, 2.24) is 15.5 Å². The molecule has 0 saturated carbocycles. The summed E-state index contributed by atoms with van der Waals surface area (Å²) in [6, 6.07) is 13.7. The van der Waals surface area contributed by atoms with Crippen molar-refractivity contribution in [2.75, 3.05) is 44.2 Å². The molecule has 1 fully saturated rings. The number of urea groups is 1. The van der Waals surface area contributed by atoms with Crippen LogP contribution < -0.4 is 15.5 Å². The van der Waals surface area contributed by atoms with Crippen molar-refractivity contribution in [1.29, 1.82) is 0 Å². The first-order chi connectivity index (χ1) is 16.9. The van der Waals surface area contributed by atoms with Crippen LogP contribution in [0.15, 0.2) is 59.8 Å². The Morgan fingerprint density at radius 3 is 2.43 bits per heavy atom. The van der Waals surface area contributed by atoms with E-state index in [0.717, 1.165) is 31.9 Å². The molecule has 4 rings (SSSR count). The summed E-state index contributed by atoms with van der Waals surface area (Å²) in [5.41, 5.74) is 3.40. The van der Waals surface area contributed by atoms with Crippen LogP contribution in [0.25, 0.3) is 0 Å². The van der Waals surface area contributed by atoms with E-state index in [0.29, 0.717) is 34.0 Å². The Hall–Kier alpha value is -3.36. The third-order valence-electron chi connectivity index (χ3n) is 6.22. The molecule has 2 aliphatic rings. The van der Waals surface area contributed by atoms with E-state index < -0.39 is 12.0 Å². The standard InChI is InChI=1S/C26H29ClN4O4/c1-3-35-25(33)23-22(28-26(34)29-24(23)19-5-4-6-20(27)15-19)16-30-11-13-31(14-12-30)21-9-7-18(8-10-21)17(2)32/h4-10,15,24H,3,11-14,16H2,1-2H3,(H2,28,29,34)/t24-/m0/s1. The summed E-state index contributed by atoms with van der Waals surface area (Å²) in [5, 5.41) is 6.20. The van der Waals surface area contributed by atoms with Gasteiger partial charge in [-0.15, -0.1) is 0 Å². The number of piperazine rings is 1. The lowest BCUT2D eigenvalue weighted by Crippen LogP contribution is -2.51. The smallest absolute Gasteiger partial charge is 0.338 e. The van der Waals surface area contributed by atoms with Crippen LogP contribution in [0.2, 0.25) is 5.02 Å². The first-order valence-corrected chi connectivity index (χ1v) is 12.0. The number of rotatable bonds is 7. The molecule has 0 aromatic heterocycles. The van der Waals surface area contributed by atoms with Gasteiger partial charge in [-0.25, -0.2) is 9.59 Å². The fourth-order valence-corrected chi connectivity index (χ4v) is 4.62. The number of ether oxygens (including phenoxy) is 1. The molecule has 2 aromatic rings. The van der Waals surface area contributed by atoms with Crippen molar-refractivity contribution < 1.29 is 19.1 Å². The van der Waals surface area contributed by atoms with E-state index in [1.54, 1.807) is 32.0 Å². The van der Waals surface area contributed by atoms with Gasteiger partial charge in [0, 0.05) is 54.7 Å². The minimum absolute atomic E-state index is 0.0483. The minimum Gasteiger partial charge on any atom is -0.463 e. The Balaban J connectivity index is 1.52. The van der Waals surface area contributed by atoms with E-state index in [1.807, 2.05) is 30.3 Å². The SMILES string of the molecule is CCOC(=O)C1=C(CN2CCN(c3ccc(C(C)=O)cc3)CC2)NC(=O)N[C@H]1c1cccc(Cl)c1. The molecule has 0 bridgehead atoms. The molecule has 2 amide bonds. The van der Waals surface area contributed by atoms with Crippen LogP contribution >= 0.6 is 11.6 Å². The molecule has 35 heavy (non-hydrogen) atoms. The van der Waals surface area contributed by atoms with Crippen molar-refractivity contribution in [2.24, 2.45) is 0 Å². The van der Waals surface area contributed by atoms with Gasteiger partial charge in [-0.3, -0.25) is 9.69 Å². The lowest BCUT2D eigenvalue weighted by Gasteiger charge is -2.38. The molecule has 2 heterocycles. The molecule has 0 spiro atoms. The Morgan fingerprint density at radius 1 is 1.09 bits per heavy atom. The first kappa shape index (κ1) is 24.8. The highest BCUT2D eigenvalue weighted by molar-refractivity contribution is 6.30. The van der Waals surface area contributed by atoms with Crippen molar-refractivity contribution in [3.05, 3.63) is 76.0 Å². The van der Waals surface area contributed by atoms with Crippen LogP contribution in [0.1, 0.15) is 35.8 Å². The van der Waals surface area contributed by atoms with Gasteiger partial charge in [-0.05, 0) is 55.8 Å². The summed E-state index contributed by atoms with van der Waals surface area (Å²) in [4.78, 5) is 41.5. The molecule has 2 aliphatic heterocycles. The van der Waals surface area contributed by atoms with Gasteiger partial charge in [0.1, 0.15) is 0 Å². The van der Waals surface area contributed by atoms with Crippen LogP contribution in [-0.4, -0.2) is 62.0 Å². The maximum Gasteiger partial charge on any atom is 0.338 e. The first-order valence-electron chi connectivity index (χ1n) is 11.7. The fourth-order valence-electron chi connectivity index (χ4n) is 4.42. The highest BCUT2D eigenvalue weighted by Gasteiger charge is 2.34. The number of benzene rings is 2. The van der Waals surface area contributed by atoms with Crippen molar-refractivity contribution in [3.8, 4) is 0 Å². The molecule has 8 nitrogen and oxygen atoms in total. The predicted molar refractivity (Wildman–Crippen MR) is 135 cm³/mol. The quantitative estimate of drug-likeness (QED) is 0.450. The van der Waals surface area contributed by atoms with Gasteiger partial charge in [0.25, 0.3) is 0 Å². The van der Waals surface area contributed by atoms with Crippen LogP contribution in [0.3, 0.4) is 0 Å². The van der Waals surface area contributed by atoms with E-state index in [9.17, 15) is 14.4 Å². The number of amides is 2. The zero-order valence-electron chi connectivity index (χ0n) is 19.8. The summed E-state index contributed by atoms with van der Waals surface area (Å²) in [7, 11) is 0. The normalized spacial score (nSPS) is 18.7. The monoisotopic (exact) mass is 496 g/mol. The maximum atomic E-state index is 13.0. The number of carbonyl (C=O) groups is 3. The number of nitrogens with one attached hydrogen (secondary N) is 2. The summed E-state index contributed by atoms with van der Waals surface area (Å²) >= 11 is 6.18. The molecule has 0 unspecified atom stereocenters. The number of nitrogens with zero attached hydrogens (tertiary/aromatic N) is 2. The van der Waals surface area contributed by atoms with Crippen molar-refractivity contribution in [3.63, 3.8) is 0 Å². The number of ketones is 1. The molecule has 9 heteroatoms. The van der Waals surface area contributed by atoms with E-state index >= 15 is 0 Å². The van der Waals surface area contributed by atoms with Crippen LogP contribution in [0.4, 0.5) is 10.5 Å². The highest BCUT2D eigenvalue weighted by atomic mass is 35.5. The second-order valence-electron chi connectivity index (χ2n) is 8.57. The Bertz CT molecular complexity index is 1140. The number of hydrogen-bond acceptors (Lipinski definition) is 6. The molecule has 1 atom stereocenters. The topological polar surface area (TPSA) is 91.0 Å². The fraction of sp³-hybridized carbons (Fsp3) is 0.346. The number of esters is 1. The summed E-state index contributed by atoms with van der Waals surface area (Å²) < 4.78 is 5.35. The Labute approximate surface area is 209 Å². The molecule has 2 aromatic carbocycles. The lowest BCUT2D eigenvalue weighted by molar-refractivity contribution is -0.139. The van der Waals surface area contributed by atoms with Gasteiger partial charge in [-0.1, -0.05) is 23.7 Å². The summed E-state index contributed by atoms with van der Waals surface area (Å²) in [6.45, 7) is 7.02. The third-order valence-corrected chi connectivity index (χ3v) is 6.46. The Morgan fingerprint density at radius 2 is 1.80 bits per heavy atom. The van der Waals surface area contributed by atoms with E-state index in [-0.39, 0.29) is 18.4 Å². The van der Waals surface area contributed by atoms with E-state index in [4.69, 9.17) is 16.3 Å². The van der Waals surface area contributed by atoms with Crippen LogP contribution in [0.5, 0.6) is 0 Å². The number of halogens is 1. The largest absolute Gasteiger partial charge is 0.463 e. The summed E-state index contributed by atoms with van der Waals surface area (Å²) in [6.07, 6.45) is 0. The molecule has 184 valence electrons. The van der Waals surface area contributed by atoms with E-state index in [2.05, 4.69) is 20.4 Å². The zero-order chi connectivity index (χ0) is 24.9. The Kier molecular flexibility index (Phi) is 7.73. The van der Waals surface area contributed by atoms with Crippen molar-refractivity contribution in [2.45, 2.75) is 19.9 Å². The number of Topliss-reactive ketones (excluding diaryl/α,β-unsaturated/α-hetero) is 1. The van der Waals surface area contributed by atoms with Gasteiger partial charge < -0.3 is 20.3 Å². The molecule has 2 N–H and O–H groups in total. The number of carbonyl (C=O) groups excluding carboxylic acids is 3. The second kappa shape index (κ2) is 10.9. The van der Waals surface area contributed by atoms with Gasteiger partial charge in [-0.2, -0.15) is 0 Å². The third kappa shape index (κ3) is 5.83. The average Bonchev–Trinajstić information content (AvgIpc) is 2.84. The van der Waals surface area contributed by atoms with Gasteiger partial charge >= 0.3 is 12.0 Å². The van der Waals surface area contributed by atoms with Gasteiger partial charge in [0.05, 0.1) is 18.2 Å². The van der Waals surface area contributed by atoms with Crippen molar-refractivity contribution >= 4 is 35.1 Å². The minimum atomic E-state index is -0.655. The summed E-state index contributed by atoms with van der Waals surface area (Å²) in [5.74, 6) is -0.420. The second-order valence-corrected chi connectivity index (χ2v) is 9.00. The molecule has 1 saturated heterocycles. The number of hydrogen-bond donors (Lipinski definition) is 2. The molecule has 0 aliphatic carbocycles. The average molecular weight is 497 g/mol. The van der Waals surface area contributed by atoms with Crippen LogP contribution in [-0.2, 0) is 9.53 Å². The van der Waals surface area contributed by atoms with Crippen LogP contribution in [0, 0.1) is 0 Å². The maximum absolute atomic E-state index is 13.0. The molecular formula is C26H29ClN4O4. The molecular weight excluding hydrogens is 468 g/mol. The molecule has 0 radical (unpaired) electrons.